The first-order valence-electron chi connectivity index (χ1n) is 8.96. The lowest BCUT2D eigenvalue weighted by atomic mass is 10.1. The highest BCUT2D eigenvalue weighted by atomic mass is 14.8. The highest BCUT2D eigenvalue weighted by Crippen LogP contribution is 2.25. The van der Waals surface area contributed by atoms with Crippen molar-refractivity contribution < 1.29 is 0 Å². The third-order valence-electron chi connectivity index (χ3n) is 4.36. The highest BCUT2D eigenvalue weighted by Gasteiger charge is 2.04. The van der Waals surface area contributed by atoms with Crippen molar-refractivity contribution in [1.82, 2.24) is 9.97 Å². The normalized spacial score (nSPS) is 12.7. The molecular formula is C23H20N4. The van der Waals surface area contributed by atoms with Gasteiger partial charge in [-0.25, -0.2) is 0 Å². The zero-order chi connectivity index (χ0) is 18.6. The molecule has 0 fully saturated rings. The molecule has 0 bridgehead atoms. The topological polar surface area (TPSA) is 50.5 Å². The second-order valence-electron chi connectivity index (χ2n) is 6.58. The molecule has 4 nitrogen and oxygen atoms in total. The van der Waals surface area contributed by atoms with Crippen LogP contribution in [0, 0.1) is 0 Å². The van der Waals surface area contributed by atoms with Crippen molar-refractivity contribution in [2.45, 2.75) is 20.3 Å². The molecule has 27 heavy (non-hydrogen) atoms. The maximum Gasteiger partial charge on any atom is 0.0958 e. The van der Waals surface area contributed by atoms with Crippen LogP contribution in [0.25, 0.3) is 21.8 Å². The lowest BCUT2D eigenvalue weighted by molar-refractivity contribution is 1.35. The molecule has 0 amide bonds. The van der Waals surface area contributed by atoms with E-state index in [1.165, 1.54) is 0 Å². The summed E-state index contributed by atoms with van der Waals surface area (Å²) >= 11 is 0. The molecule has 4 heteroatoms. The highest BCUT2D eigenvalue weighted by molar-refractivity contribution is 6.06. The van der Waals surface area contributed by atoms with Crippen LogP contribution in [-0.4, -0.2) is 21.4 Å². The van der Waals surface area contributed by atoms with Crippen molar-refractivity contribution in [3.05, 3.63) is 73.1 Å². The molecule has 0 aliphatic heterocycles. The number of para-hydroxylation sites is 2. The summed E-state index contributed by atoms with van der Waals surface area (Å²) in [6.45, 7) is 4.06. The summed E-state index contributed by atoms with van der Waals surface area (Å²) in [5, 5.41) is 2.19. The minimum Gasteiger partial charge on any atom is -0.255 e. The van der Waals surface area contributed by atoms with Gasteiger partial charge in [-0.1, -0.05) is 36.4 Å². The SMILES string of the molecule is C/C(C/C(C)=N/c1cccc2cccnc12)=N/c1cccc2cccnc12. The van der Waals surface area contributed by atoms with Gasteiger partial charge in [-0.05, 0) is 38.1 Å². The number of rotatable bonds is 4. The van der Waals surface area contributed by atoms with Gasteiger partial charge in [-0.3, -0.25) is 20.0 Å². The van der Waals surface area contributed by atoms with Crippen molar-refractivity contribution in [2.75, 3.05) is 0 Å². The van der Waals surface area contributed by atoms with E-state index in [2.05, 4.69) is 34.2 Å². The average Bonchev–Trinajstić information content (AvgIpc) is 2.68. The van der Waals surface area contributed by atoms with Gasteiger partial charge in [0.1, 0.15) is 0 Å². The largest absolute Gasteiger partial charge is 0.255 e. The predicted molar refractivity (Wildman–Crippen MR) is 114 cm³/mol. The zero-order valence-corrected chi connectivity index (χ0v) is 15.4. The molecule has 0 unspecified atom stereocenters. The van der Waals surface area contributed by atoms with E-state index in [1.54, 1.807) is 12.4 Å². The van der Waals surface area contributed by atoms with Gasteiger partial charge in [-0.2, -0.15) is 0 Å². The maximum atomic E-state index is 4.79. The minimum atomic E-state index is 0.701. The van der Waals surface area contributed by atoms with Crippen LogP contribution < -0.4 is 0 Å². The second-order valence-corrected chi connectivity index (χ2v) is 6.58. The van der Waals surface area contributed by atoms with Crippen molar-refractivity contribution in [1.29, 1.82) is 0 Å². The van der Waals surface area contributed by atoms with Crippen LogP contribution in [0.4, 0.5) is 11.4 Å². The summed E-state index contributed by atoms with van der Waals surface area (Å²) in [6.07, 6.45) is 4.31. The number of pyridine rings is 2. The van der Waals surface area contributed by atoms with Gasteiger partial charge in [0.25, 0.3) is 0 Å². The number of aliphatic imine (C=N–C) groups is 2. The molecule has 0 aliphatic rings. The first-order chi connectivity index (χ1) is 13.2. The second kappa shape index (κ2) is 7.46. The molecule has 0 atom stereocenters. The predicted octanol–water partition coefficient (Wildman–Crippen LogP) is 6.06. The molecule has 4 rings (SSSR count). The smallest absolute Gasteiger partial charge is 0.0958 e. The van der Waals surface area contributed by atoms with E-state index in [9.17, 15) is 0 Å². The maximum absolute atomic E-state index is 4.79. The first-order valence-corrected chi connectivity index (χ1v) is 8.96. The molecular weight excluding hydrogens is 332 g/mol. The molecule has 2 heterocycles. The number of fused-ring (bicyclic) bond motifs is 2. The van der Waals surface area contributed by atoms with E-state index in [4.69, 9.17) is 9.98 Å². The lowest BCUT2D eigenvalue weighted by Gasteiger charge is -2.05. The van der Waals surface area contributed by atoms with Crippen molar-refractivity contribution in [2.24, 2.45) is 9.98 Å². The molecule has 0 aliphatic carbocycles. The Labute approximate surface area is 158 Å². The van der Waals surface area contributed by atoms with E-state index >= 15 is 0 Å². The molecule has 2 aromatic carbocycles. The van der Waals surface area contributed by atoms with Gasteiger partial charge in [0.05, 0.1) is 22.4 Å². The van der Waals surface area contributed by atoms with Gasteiger partial charge < -0.3 is 0 Å². The Bertz CT molecular complexity index is 1070. The fraction of sp³-hybridized carbons (Fsp3) is 0.130. The van der Waals surface area contributed by atoms with Crippen LogP contribution in [-0.2, 0) is 0 Å². The van der Waals surface area contributed by atoms with Gasteiger partial charge in [0, 0.05) is 41.0 Å². The van der Waals surface area contributed by atoms with E-state index < -0.39 is 0 Å². The summed E-state index contributed by atoms with van der Waals surface area (Å²) in [5.41, 5.74) is 5.64. The standard InChI is InChI=1S/C23H20N4/c1-16(26-20-11-3-7-18-9-5-13-24-22(18)20)15-17(2)27-21-12-4-8-19-10-6-14-25-23(19)21/h3-14H,15H2,1-2H3/b26-16-,27-17+. The number of hydrogen-bond donors (Lipinski definition) is 0. The Balaban J connectivity index is 1.62. The van der Waals surface area contributed by atoms with Crippen LogP contribution in [0.15, 0.2) is 83.0 Å². The number of nitrogens with zero attached hydrogens (tertiary/aromatic N) is 4. The zero-order valence-electron chi connectivity index (χ0n) is 15.4. The van der Waals surface area contributed by atoms with E-state index in [0.717, 1.165) is 44.6 Å². The van der Waals surface area contributed by atoms with Crippen molar-refractivity contribution >= 4 is 44.6 Å². The number of benzene rings is 2. The fourth-order valence-corrected chi connectivity index (χ4v) is 3.22. The van der Waals surface area contributed by atoms with Gasteiger partial charge >= 0.3 is 0 Å². The van der Waals surface area contributed by atoms with E-state index in [0.29, 0.717) is 6.42 Å². The summed E-state index contributed by atoms with van der Waals surface area (Å²) in [7, 11) is 0. The third kappa shape index (κ3) is 3.75. The molecule has 0 spiro atoms. The number of aromatic nitrogens is 2. The van der Waals surface area contributed by atoms with E-state index in [1.807, 2.05) is 50.2 Å². The molecule has 0 N–H and O–H groups in total. The molecule has 4 aromatic rings. The first kappa shape index (κ1) is 17.0. The molecule has 0 radical (unpaired) electrons. The summed E-state index contributed by atoms with van der Waals surface area (Å²) in [6, 6.07) is 20.1. The van der Waals surface area contributed by atoms with E-state index in [-0.39, 0.29) is 0 Å². The minimum absolute atomic E-state index is 0.701. The third-order valence-corrected chi connectivity index (χ3v) is 4.36. The quantitative estimate of drug-likeness (QED) is 0.419. The Hall–Kier alpha value is -3.40. The summed E-state index contributed by atoms with van der Waals surface area (Å²) in [5.74, 6) is 0. The molecule has 0 saturated carbocycles. The average molecular weight is 352 g/mol. The summed E-state index contributed by atoms with van der Waals surface area (Å²) < 4.78 is 0. The van der Waals surface area contributed by atoms with Crippen molar-refractivity contribution in [3.63, 3.8) is 0 Å². The van der Waals surface area contributed by atoms with Gasteiger partial charge in [0.15, 0.2) is 0 Å². The van der Waals surface area contributed by atoms with Crippen LogP contribution >= 0.6 is 0 Å². The lowest BCUT2D eigenvalue weighted by Crippen LogP contribution is -2.00. The van der Waals surface area contributed by atoms with Crippen LogP contribution in [0.3, 0.4) is 0 Å². The summed E-state index contributed by atoms with van der Waals surface area (Å²) in [4.78, 5) is 18.5. The van der Waals surface area contributed by atoms with Gasteiger partial charge in [0.2, 0.25) is 0 Å². The fourth-order valence-electron chi connectivity index (χ4n) is 3.22. The Morgan fingerprint density at radius 1 is 0.667 bits per heavy atom. The molecule has 0 saturated heterocycles. The van der Waals surface area contributed by atoms with Crippen LogP contribution in [0.2, 0.25) is 0 Å². The number of hydrogen-bond acceptors (Lipinski definition) is 4. The Morgan fingerprint density at radius 2 is 1.11 bits per heavy atom. The molecule has 132 valence electrons. The monoisotopic (exact) mass is 352 g/mol. The van der Waals surface area contributed by atoms with Gasteiger partial charge in [-0.15, -0.1) is 0 Å². The van der Waals surface area contributed by atoms with Crippen LogP contribution in [0.5, 0.6) is 0 Å². The van der Waals surface area contributed by atoms with Crippen LogP contribution in [0.1, 0.15) is 20.3 Å². The Kier molecular flexibility index (Phi) is 4.71. The van der Waals surface area contributed by atoms with Crippen molar-refractivity contribution in [3.8, 4) is 0 Å². The molecule has 2 aromatic heterocycles. The Morgan fingerprint density at radius 3 is 1.59 bits per heavy atom.